The second-order valence-electron chi connectivity index (χ2n) is 7.00. The number of anilines is 1. The molecule has 0 bridgehead atoms. The molecule has 1 heterocycles. The average molecular weight is 340 g/mol. The second-order valence-corrected chi connectivity index (χ2v) is 7.00. The third-order valence-electron chi connectivity index (χ3n) is 5.15. The lowest BCUT2D eigenvalue weighted by molar-refractivity contribution is -0.384. The van der Waals surface area contributed by atoms with Gasteiger partial charge in [0.1, 0.15) is 0 Å². The molecule has 0 saturated carbocycles. The molecule has 132 valence electrons. The summed E-state index contributed by atoms with van der Waals surface area (Å²) in [7, 11) is 1.93. The number of hydrogen-bond donors (Lipinski definition) is 3. The van der Waals surface area contributed by atoms with E-state index in [2.05, 4.69) is 48.2 Å². The smallest absolute Gasteiger partial charge is 0.269 e. The van der Waals surface area contributed by atoms with Gasteiger partial charge < -0.3 is 5.32 Å². The number of hydrazine groups is 1. The zero-order valence-corrected chi connectivity index (χ0v) is 14.7. The van der Waals surface area contributed by atoms with Crippen LogP contribution in [0.3, 0.4) is 0 Å². The maximum atomic E-state index is 11.0. The number of para-hydroxylation sites is 1. The van der Waals surface area contributed by atoms with Crippen LogP contribution >= 0.6 is 0 Å². The Morgan fingerprint density at radius 1 is 1.16 bits per heavy atom. The van der Waals surface area contributed by atoms with Crippen LogP contribution in [0.4, 0.5) is 11.4 Å². The van der Waals surface area contributed by atoms with Gasteiger partial charge in [-0.05, 0) is 23.6 Å². The van der Waals surface area contributed by atoms with Crippen molar-refractivity contribution in [1.82, 2.24) is 10.9 Å². The van der Waals surface area contributed by atoms with E-state index >= 15 is 0 Å². The SMILES string of the molecule is CNc1ccccc1C(C)(C)C1CC(c2cccc([N+](=O)[O-])c2)NN1. The van der Waals surface area contributed by atoms with Gasteiger partial charge in [-0.1, -0.05) is 44.2 Å². The van der Waals surface area contributed by atoms with Gasteiger partial charge in [-0.3, -0.25) is 15.5 Å². The van der Waals surface area contributed by atoms with Gasteiger partial charge in [0.25, 0.3) is 5.69 Å². The van der Waals surface area contributed by atoms with E-state index in [1.54, 1.807) is 12.1 Å². The second kappa shape index (κ2) is 6.82. The molecule has 1 aliphatic rings. The number of benzene rings is 2. The van der Waals surface area contributed by atoms with Crippen LogP contribution in [-0.4, -0.2) is 18.0 Å². The molecule has 25 heavy (non-hydrogen) atoms. The minimum atomic E-state index is -0.351. The van der Waals surface area contributed by atoms with Gasteiger partial charge in [0.15, 0.2) is 0 Å². The third-order valence-corrected chi connectivity index (χ3v) is 5.15. The molecule has 2 unspecified atom stereocenters. The number of nitro benzene ring substituents is 1. The van der Waals surface area contributed by atoms with E-state index in [0.717, 1.165) is 17.7 Å². The summed E-state index contributed by atoms with van der Waals surface area (Å²) in [5, 5.41) is 14.3. The highest BCUT2D eigenvalue weighted by atomic mass is 16.6. The van der Waals surface area contributed by atoms with Crippen LogP contribution in [0.2, 0.25) is 0 Å². The molecular weight excluding hydrogens is 316 g/mol. The zero-order chi connectivity index (χ0) is 18.0. The number of rotatable bonds is 5. The molecule has 6 nitrogen and oxygen atoms in total. The fraction of sp³-hybridized carbons (Fsp3) is 0.368. The summed E-state index contributed by atoms with van der Waals surface area (Å²) in [6.07, 6.45) is 0.853. The topological polar surface area (TPSA) is 79.2 Å². The van der Waals surface area contributed by atoms with Crippen molar-refractivity contribution in [2.24, 2.45) is 0 Å². The van der Waals surface area contributed by atoms with Crippen LogP contribution in [0.25, 0.3) is 0 Å². The first-order valence-corrected chi connectivity index (χ1v) is 8.46. The van der Waals surface area contributed by atoms with E-state index in [-0.39, 0.29) is 28.1 Å². The summed E-state index contributed by atoms with van der Waals surface area (Å²) >= 11 is 0. The largest absolute Gasteiger partial charge is 0.388 e. The molecule has 3 rings (SSSR count). The van der Waals surface area contributed by atoms with E-state index in [9.17, 15) is 10.1 Å². The molecular formula is C19H24N4O2. The highest BCUT2D eigenvalue weighted by molar-refractivity contribution is 5.54. The summed E-state index contributed by atoms with van der Waals surface area (Å²) < 4.78 is 0. The molecule has 0 aromatic heterocycles. The van der Waals surface area contributed by atoms with Crippen molar-refractivity contribution in [3.63, 3.8) is 0 Å². The van der Waals surface area contributed by atoms with Gasteiger partial charge >= 0.3 is 0 Å². The molecule has 0 amide bonds. The predicted octanol–water partition coefficient (Wildman–Crippen LogP) is 3.52. The Morgan fingerprint density at radius 3 is 2.64 bits per heavy atom. The normalized spacial score (nSPS) is 20.4. The number of nitrogens with zero attached hydrogens (tertiary/aromatic N) is 1. The highest BCUT2D eigenvalue weighted by Crippen LogP contribution is 2.38. The summed E-state index contributed by atoms with van der Waals surface area (Å²) in [5.74, 6) is 0. The Labute approximate surface area is 147 Å². The maximum Gasteiger partial charge on any atom is 0.269 e. The Balaban J connectivity index is 1.82. The van der Waals surface area contributed by atoms with Crippen molar-refractivity contribution in [2.75, 3.05) is 12.4 Å². The first kappa shape index (κ1) is 17.4. The van der Waals surface area contributed by atoms with Gasteiger partial charge in [0, 0.05) is 42.4 Å². The predicted molar refractivity (Wildman–Crippen MR) is 99.5 cm³/mol. The molecule has 3 N–H and O–H groups in total. The van der Waals surface area contributed by atoms with Gasteiger partial charge in [-0.15, -0.1) is 0 Å². The van der Waals surface area contributed by atoms with Crippen LogP contribution in [-0.2, 0) is 5.41 Å². The van der Waals surface area contributed by atoms with E-state index < -0.39 is 0 Å². The molecule has 2 atom stereocenters. The molecule has 0 spiro atoms. The fourth-order valence-electron chi connectivity index (χ4n) is 3.56. The lowest BCUT2D eigenvalue weighted by Gasteiger charge is -2.33. The zero-order valence-electron chi connectivity index (χ0n) is 14.7. The Kier molecular flexibility index (Phi) is 4.74. The van der Waals surface area contributed by atoms with Gasteiger partial charge in [0.2, 0.25) is 0 Å². The van der Waals surface area contributed by atoms with E-state index in [4.69, 9.17) is 0 Å². The van der Waals surface area contributed by atoms with E-state index in [1.165, 1.54) is 11.6 Å². The van der Waals surface area contributed by atoms with Crippen LogP contribution in [0.15, 0.2) is 48.5 Å². The summed E-state index contributed by atoms with van der Waals surface area (Å²) in [6.45, 7) is 4.44. The molecule has 1 saturated heterocycles. The molecule has 1 fully saturated rings. The van der Waals surface area contributed by atoms with Crippen LogP contribution < -0.4 is 16.2 Å². The Bertz CT molecular complexity index is 776. The quantitative estimate of drug-likeness (QED) is 0.573. The van der Waals surface area contributed by atoms with Crippen molar-refractivity contribution < 1.29 is 4.92 Å². The summed E-state index contributed by atoms with van der Waals surface area (Å²) in [4.78, 5) is 10.7. The Morgan fingerprint density at radius 2 is 1.92 bits per heavy atom. The third kappa shape index (κ3) is 3.36. The number of hydrogen-bond acceptors (Lipinski definition) is 5. The van der Waals surface area contributed by atoms with Crippen molar-refractivity contribution in [2.45, 2.75) is 37.8 Å². The van der Waals surface area contributed by atoms with Crippen LogP contribution in [0, 0.1) is 10.1 Å². The first-order valence-electron chi connectivity index (χ1n) is 8.46. The lowest BCUT2D eigenvalue weighted by Crippen LogP contribution is -2.44. The molecule has 2 aromatic carbocycles. The van der Waals surface area contributed by atoms with Crippen molar-refractivity contribution in [3.8, 4) is 0 Å². The van der Waals surface area contributed by atoms with E-state index in [1.807, 2.05) is 19.2 Å². The molecule has 2 aromatic rings. The summed E-state index contributed by atoms with van der Waals surface area (Å²) in [6, 6.07) is 15.4. The van der Waals surface area contributed by atoms with Gasteiger partial charge in [-0.25, -0.2) is 5.43 Å². The monoisotopic (exact) mass is 340 g/mol. The van der Waals surface area contributed by atoms with Crippen molar-refractivity contribution in [3.05, 3.63) is 69.8 Å². The number of nitro groups is 1. The fourth-order valence-corrected chi connectivity index (χ4v) is 3.56. The minimum absolute atomic E-state index is 0.0472. The standard InChI is InChI=1S/C19H24N4O2/c1-19(2,15-9-4-5-10-16(15)20-3)18-12-17(21-22-18)13-7-6-8-14(11-13)23(24)25/h4-11,17-18,20-22H,12H2,1-3H3. The van der Waals surface area contributed by atoms with Crippen LogP contribution in [0.5, 0.6) is 0 Å². The molecule has 0 radical (unpaired) electrons. The summed E-state index contributed by atoms with van der Waals surface area (Å²) in [5.41, 5.74) is 10.0. The molecule has 0 aliphatic carbocycles. The lowest BCUT2D eigenvalue weighted by atomic mass is 9.75. The molecule has 6 heteroatoms. The maximum absolute atomic E-state index is 11.0. The first-order chi connectivity index (χ1) is 11.9. The number of nitrogens with one attached hydrogen (secondary N) is 3. The highest BCUT2D eigenvalue weighted by Gasteiger charge is 2.38. The molecule has 1 aliphatic heterocycles. The van der Waals surface area contributed by atoms with Gasteiger partial charge in [0.05, 0.1) is 4.92 Å². The van der Waals surface area contributed by atoms with Crippen LogP contribution in [0.1, 0.15) is 37.4 Å². The van der Waals surface area contributed by atoms with Crippen molar-refractivity contribution in [1.29, 1.82) is 0 Å². The Hall–Kier alpha value is -2.44. The van der Waals surface area contributed by atoms with Crippen molar-refractivity contribution >= 4 is 11.4 Å². The minimum Gasteiger partial charge on any atom is -0.388 e. The van der Waals surface area contributed by atoms with E-state index in [0.29, 0.717) is 0 Å². The average Bonchev–Trinajstić information content (AvgIpc) is 3.13. The van der Waals surface area contributed by atoms with Gasteiger partial charge in [-0.2, -0.15) is 0 Å². The number of non-ortho nitro benzene ring substituents is 1.